The van der Waals surface area contributed by atoms with E-state index in [0.29, 0.717) is 27.2 Å². The molecule has 1 N–H and O–H groups in total. The standard InChI is InChI=1S/C31H24N4O5S/c1-2-22-16-25-28(37)34(18-26(36)21-8-4-3-5-9-21)31(39)35(29(25)41-22)17-19-12-14-20(15-13-19)23-10-6-7-11-24(23)27-32-30(38)40-33-27/h3-16H,2,17-18H2,1H3,(H,32,33,38). The molecule has 0 bridgehead atoms. The molecule has 0 spiro atoms. The van der Waals surface area contributed by atoms with Crippen LogP contribution in [0.1, 0.15) is 27.7 Å². The lowest BCUT2D eigenvalue weighted by molar-refractivity contribution is 0.0969. The van der Waals surface area contributed by atoms with Gasteiger partial charge in [-0.25, -0.2) is 9.59 Å². The number of aromatic nitrogens is 4. The Morgan fingerprint density at radius 3 is 2.29 bits per heavy atom. The molecule has 0 saturated carbocycles. The van der Waals surface area contributed by atoms with E-state index in [0.717, 1.165) is 32.6 Å². The van der Waals surface area contributed by atoms with E-state index in [1.165, 1.54) is 11.3 Å². The number of H-pyrrole nitrogens is 1. The van der Waals surface area contributed by atoms with Crippen molar-refractivity contribution in [2.45, 2.75) is 26.4 Å². The van der Waals surface area contributed by atoms with Gasteiger partial charge in [0.2, 0.25) is 0 Å². The molecule has 0 radical (unpaired) electrons. The van der Waals surface area contributed by atoms with Crippen LogP contribution < -0.4 is 17.0 Å². The van der Waals surface area contributed by atoms with E-state index >= 15 is 0 Å². The van der Waals surface area contributed by atoms with Crippen LogP contribution in [0.4, 0.5) is 0 Å². The molecular formula is C31H24N4O5S. The second-order valence-corrected chi connectivity index (χ2v) is 10.6. The van der Waals surface area contributed by atoms with Crippen molar-refractivity contribution in [3.05, 3.63) is 132 Å². The molecule has 0 unspecified atom stereocenters. The normalized spacial score (nSPS) is 11.2. The van der Waals surface area contributed by atoms with Crippen molar-refractivity contribution in [3.63, 3.8) is 0 Å². The first-order chi connectivity index (χ1) is 19.9. The highest BCUT2D eigenvalue weighted by atomic mass is 32.1. The third-order valence-corrected chi connectivity index (χ3v) is 8.22. The van der Waals surface area contributed by atoms with Gasteiger partial charge in [-0.3, -0.25) is 28.2 Å². The van der Waals surface area contributed by atoms with E-state index in [-0.39, 0.29) is 18.9 Å². The molecule has 0 aliphatic carbocycles. The molecule has 6 rings (SSSR count). The van der Waals surface area contributed by atoms with Gasteiger partial charge in [-0.15, -0.1) is 11.3 Å². The fourth-order valence-electron chi connectivity index (χ4n) is 4.82. The second kappa shape index (κ2) is 10.8. The monoisotopic (exact) mass is 564 g/mol. The maximum Gasteiger partial charge on any atom is 0.439 e. The first kappa shape index (κ1) is 26.1. The zero-order valence-electron chi connectivity index (χ0n) is 22.0. The minimum absolute atomic E-state index is 0.220. The lowest BCUT2D eigenvalue weighted by Gasteiger charge is -2.13. The predicted molar refractivity (Wildman–Crippen MR) is 158 cm³/mol. The summed E-state index contributed by atoms with van der Waals surface area (Å²) in [4.78, 5) is 55.7. The molecule has 0 amide bonds. The molecule has 0 saturated heterocycles. The quantitative estimate of drug-likeness (QED) is 0.267. The van der Waals surface area contributed by atoms with Crippen LogP contribution in [-0.2, 0) is 19.5 Å². The van der Waals surface area contributed by atoms with Gasteiger partial charge in [0.05, 0.1) is 18.5 Å². The SMILES string of the molecule is CCc1cc2c(=O)n(CC(=O)c3ccccc3)c(=O)n(Cc3ccc(-c4ccccc4-c4noc(=O)[nH]4)cc3)c2s1. The van der Waals surface area contributed by atoms with Gasteiger partial charge in [0, 0.05) is 16.0 Å². The Balaban J connectivity index is 1.38. The Labute approximate surface area is 236 Å². The van der Waals surface area contributed by atoms with E-state index in [1.54, 1.807) is 34.9 Å². The topological polar surface area (TPSA) is 120 Å². The van der Waals surface area contributed by atoms with Gasteiger partial charge in [-0.1, -0.05) is 90.9 Å². The lowest BCUT2D eigenvalue weighted by Crippen LogP contribution is -2.41. The van der Waals surface area contributed by atoms with Crippen LogP contribution >= 0.6 is 11.3 Å². The maximum atomic E-state index is 13.7. The molecule has 3 heterocycles. The second-order valence-electron chi connectivity index (χ2n) is 9.52. The summed E-state index contributed by atoms with van der Waals surface area (Å²) in [5, 5.41) is 4.25. The van der Waals surface area contributed by atoms with E-state index in [1.807, 2.05) is 61.5 Å². The molecular weight excluding hydrogens is 540 g/mol. The zero-order valence-corrected chi connectivity index (χ0v) is 22.8. The van der Waals surface area contributed by atoms with Crippen LogP contribution in [0.15, 0.2) is 104 Å². The Hall–Kier alpha value is -5.09. The number of benzene rings is 3. The molecule has 0 fully saturated rings. The van der Waals surface area contributed by atoms with Crippen LogP contribution in [0.3, 0.4) is 0 Å². The Morgan fingerprint density at radius 2 is 1.61 bits per heavy atom. The molecule has 6 aromatic rings. The van der Waals surface area contributed by atoms with Gasteiger partial charge in [-0.05, 0) is 29.2 Å². The highest BCUT2D eigenvalue weighted by Gasteiger charge is 2.19. The number of thiophene rings is 1. The summed E-state index contributed by atoms with van der Waals surface area (Å²) >= 11 is 1.42. The molecule has 0 aliphatic rings. The maximum absolute atomic E-state index is 13.7. The fraction of sp³-hybridized carbons (Fsp3) is 0.129. The summed E-state index contributed by atoms with van der Waals surface area (Å²) in [6, 6.07) is 25.6. The molecule has 3 aromatic heterocycles. The van der Waals surface area contributed by atoms with Crippen molar-refractivity contribution >= 4 is 27.3 Å². The van der Waals surface area contributed by atoms with Gasteiger partial charge in [0.25, 0.3) is 5.56 Å². The average Bonchev–Trinajstić information content (AvgIpc) is 3.65. The highest BCUT2D eigenvalue weighted by Crippen LogP contribution is 2.30. The molecule has 0 atom stereocenters. The summed E-state index contributed by atoms with van der Waals surface area (Å²) in [5.74, 6) is -0.605. The summed E-state index contributed by atoms with van der Waals surface area (Å²) < 4.78 is 7.29. The summed E-state index contributed by atoms with van der Waals surface area (Å²) in [6.07, 6.45) is 0.723. The number of nitrogens with zero attached hydrogens (tertiary/aromatic N) is 3. The smallest absolute Gasteiger partial charge is 0.296 e. The largest absolute Gasteiger partial charge is 0.439 e. The minimum Gasteiger partial charge on any atom is -0.296 e. The van der Waals surface area contributed by atoms with Crippen molar-refractivity contribution in [1.29, 1.82) is 0 Å². The number of aromatic amines is 1. The zero-order chi connectivity index (χ0) is 28.5. The number of hydrogen-bond donors (Lipinski definition) is 1. The number of rotatable bonds is 8. The average molecular weight is 565 g/mol. The first-order valence-corrected chi connectivity index (χ1v) is 13.8. The molecule has 3 aromatic carbocycles. The summed E-state index contributed by atoms with van der Waals surface area (Å²) in [5.41, 5.74) is 2.74. The number of aryl methyl sites for hydroxylation is 1. The van der Waals surface area contributed by atoms with Crippen LogP contribution in [-0.4, -0.2) is 25.1 Å². The minimum atomic E-state index is -0.631. The highest BCUT2D eigenvalue weighted by molar-refractivity contribution is 7.18. The molecule has 9 nitrogen and oxygen atoms in total. The van der Waals surface area contributed by atoms with Crippen LogP contribution in [0.2, 0.25) is 0 Å². The number of fused-ring (bicyclic) bond motifs is 1. The Bertz CT molecular complexity index is 2060. The molecule has 204 valence electrons. The van der Waals surface area contributed by atoms with Crippen molar-refractivity contribution in [2.24, 2.45) is 0 Å². The van der Waals surface area contributed by atoms with Gasteiger partial charge in [0.15, 0.2) is 11.6 Å². The number of Topliss-reactive ketones (excluding diaryl/α,β-unsaturated/α-hetero) is 1. The van der Waals surface area contributed by atoms with E-state index in [2.05, 4.69) is 14.7 Å². The summed E-state index contributed by atoms with van der Waals surface area (Å²) in [7, 11) is 0. The van der Waals surface area contributed by atoms with E-state index in [4.69, 9.17) is 0 Å². The van der Waals surface area contributed by atoms with Crippen molar-refractivity contribution in [3.8, 4) is 22.5 Å². The van der Waals surface area contributed by atoms with Crippen molar-refractivity contribution in [2.75, 3.05) is 0 Å². The number of hydrogen-bond acceptors (Lipinski definition) is 7. The van der Waals surface area contributed by atoms with Crippen molar-refractivity contribution < 1.29 is 9.32 Å². The summed E-state index contributed by atoms with van der Waals surface area (Å²) in [6.45, 7) is 1.88. The van der Waals surface area contributed by atoms with Gasteiger partial charge in [-0.2, -0.15) is 0 Å². The lowest BCUT2D eigenvalue weighted by atomic mass is 9.98. The fourth-order valence-corrected chi connectivity index (χ4v) is 5.90. The third-order valence-electron chi connectivity index (χ3n) is 6.92. The van der Waals surface area contributed by atoms with Gasteiger partial charge >= 0.3 is 11.4 Å². The molecule has 0 aliphatic heterocycles. The number of carbonyl (C=O) groups is 1. The molecule has 41 heavy (non-hydrogen) atoms. The number of nitrogens with one attached hydrogen (secondary N) is 1. The van der Waals surface area contributed by atoms with E-state index in [9.17, 15) is 19.2 Å². The predicted octanol–water partition coefficient (Wildman–Crippen LogP) is 4.73. The van der Waals surface area contributed by atoms with Gasteiger partial charge < -0.3 is 0 Å². The van der Waals surface area contributed by atoms with Crippen LogP contribution in [0.5, 0.6) is 0 Å². The van der Waals surface area contributed by atoms with E-state index < -0.39 is 17.0 Å². The van der Waals surface area contributed by atoms with Crippen LogP contribution in [0, 0.1) is 0 Å². The third kappa shape index (κ3) is 5.01. The number of ketones is 1. The Morgan fingerprint density at radius 1 is 0.902 bits per heavy atom. The first-order valence-electron chi connectivity index (χ1n) is 13.0. The Kier molecular flexibility index (Phi) is 6.90. The number of carbonyl (C=O) groups excluding carboxylic acids is 1. The molecule has 10 heteroatoms. The van der Waals surface area contributed by atoms with Gasteiger partial charge in [0.1, 0.15) is 4.83 Å². The van der Waals surface area contributed by atoms with Crippen LogP contribution in [0.25, 0.3) is 32.7 Å². The van der Waals surface area contributed by atoms with Crippen molar-refractivity contribution in [1.82, 2.24) is 19.3 Å².